The van der Waals surface area contributed by atoms with E-state index in [1.807, 2.05) is 13.8 Å². The third-order valence-electron chi connectivity index (χ3n) is 1.84. The zero-order valence-electron chi connectivity index (χ0n) is 8.50. The van der Waals surface area contributed by atoms with Gasteiger partial charge in [-0.15, -0.1) is 0 Å². The van der Waals surface area contributed by atoms with Gasteiger partial charge in [-0.1, -0.05) is 41.4 Å². The van der Waals surface area contributed by atoms with Crippen molar-refractivity contribution in [3.05, 3.63) is 23.4 Å². The number of anilines is 1. The van der Waals surface area contributed by atoms with Crippen LogP contribution in [0.1, 0.15) is 13.8 Å². The number of pyridine rings is 1. The highest BCUT2D eigenvalue weighted by Gasteiger charge is 2.19. The van der Waals surface area contributed by atoms with Crippen molar-refractivity contribution in [2.45, 2.75) is 18.7 Å². The molecule has 0 saturated carbocycles. The monoisotopic (exact) mass is 290 g/mol. The molecule has 1 rings (SSSR count). The SMILES string of the molecule is CC(C)C(Br)C(=O)Nc1ncccc1Cl. The summed E-state index contributed by atoms with van der Waals surface area (Å²) in [6, 6.07) is 3.40. The molecule has 0 saturated heterocycles. The van der Waals surface area contributed by atoms with Gasteiger partial charge in [0.25, 0.3) is 0 Å². The Morgan fingerprint density at radius 2 is 2.27 bits per heavy atom. The highest BCUT2D eigenvalue weighted by Crippen LogP contribution is 2.20. The average Bonchev–Trinajstić information content (AvgIpc) is 2.20. The molecule has 1 atom stereocenters. The second kappa shape index (κ2) is 5.47. The van der Waals surface area contributed by atoms with E-state index in [1.165, 1.54) is 0 Å². The van der Waals surface area contributed by atoms with Gasteiger partial charge in [0.05, 0.1) is 9.85 Å². The smallest absolute Gasteiger partial charge is 0.239 e. The van der Waals surface area contributed by atoms with E-state index in [2.05, 4.69) is 26.2 Å². The minimum absolute atomic E-state index is 0.134. The van der Waals surface area contributed by atoms with Gasteiger partial charge in [-0.2, -0.15) is 0 Å². The van der Waals surface area contributed by atoms with Crippen molar-refractivity contribution in [2.75, 3.05) is 5.32 Å². The predicted octanol–water partition coefficient (Wildman–Crippen LogP) is 3.09. The van der Waals surface area contributed by atoms with E-state index in [-0.39, 0.29) is 16.7 Å². The fourth-order valence-corrected chi connectivity index (χ4v) is 1.25. The van der Waals surface area contributed by atoms with Gasteiger partial charge in [0.2, 0.25) is 5.91 Å². The maximum absolute atomic E-state index is 11.6. The molecular formula is C10H12BrClN2O. The lowest BCUT2D eigenvalue weighted by Gasteiger charge is -2.13. The van der Waals surface area contributed by atoms with Crippen molar-refractivity contribution in [3.8, 4) is 0 Å². The first-order chi connectivity index (χ1) is 7.02. The predicted molar refractivity (Wildman–Crippen MR) is 65.4 cm³/mol. The quantitative estimate of drug-likeness (QED) is 0.870. The van der Waals surface area contributed by atoms with Crippen LogP contribution in [0.5, 0.6) is 0 Å². The molecule has 1 N–H and O–H groups in total. The van der Waals surface area contributed by atoms with E-state index in [9.17, 15) is 4.79 Å². The second-order valence-corrected chi connectivity index (χ2v) is 4.86. The van der Waals surface area contributed by atoms with Crippen molar-refractivity contribution < 1.29 is 4.79 Å². The molecule has 15 heavy (non-hydrogen) atoms. The Hall–Kier alpha value is -0.610. The third kappa shape index (κ3) is 3.47. The first kappa shape index (κ1) is 12.5. The van der Waals surface area contributed by atoms with Crippen LogP contribution < -0.4 is 5.32 Å². The third-order valence-corrected chi connectivity index (χ3v) is 3.61. The van der Waals surface area contributed by atoms with E-state index in [0.29, 0.717) is 10.8 Å². The molecule has 5 heteroatoms. The van der Waals surface area contributed by atoms with Crippen LogP contribution >= 0.6 is 27.5 Å². The maximum Gasteiger partial charge on any atom is 0.239 e. The van der Waals surface area contributed by atoms with Crippen molar-refractivity contribution in [2.24, 2.45) is 5.92 Å². The zero-order chi connectivity index (χ0) is 11.4. The van der Waals surface area contributed by atoms with Gasteiger partial charge in [-0.05, 0) is 18.1 Å². The summed E-state index contributed by atoms with van der Waals surface area (Å²) in [4.78, 5) is 15.4. The summed E-state index contributed by atoms with van der Waals surface area (Å²) >= 11 is 9.17. The number of rotatable bonds is 3. The number of nitrogens with one attached hydrogen (secondary N) is 1. The Morgan fingerprint density at radius 3 is 2.80 bits per heavy atom. The number of halogens is 2. The molecule has 0 bridgehead atoms. The summed E-state index contributed by atoms with van der Waals surface area (Å²) in [7, 11) is 0. The van der Waals surface area contributed by atoms with E-state index >= 15 is 0 Å². The van der Waals surface area contributed by atoms with Gasteiger partial charge in [0, 0.05) is 6.20 Å². The van der Waals surface area contributed by atoms with Crippen LogP contribution in [-0.4, -0.2) is 15.7 Å². The molecular weight excluding hydrogens is 279 g/mol. The molecule has 1 heterocycles. The molecule has 0 radical (unpaired) electrons. The summed E-state index contributed by atoms with van der Waals surface area (Å²) in [6.45, 7) is 3.91. The maximum atomic E-state index is 11.6. The van der Waals surface area contributed by atoms with Crippen LogP contribution in [0.3, 0.4) is 0 Å². The van der Waals surface area contributed by atoms with Crippen LogP contribution in [0.2, 0.25) is 5.02 Å². The summed E-state index contributed by atoms with van der Waals surface area (Å²) in [5.41, 5.74) is 0. The van der Waals surface area contributed by atoms with Crippen molar-refractivity contribution in [1.29, 1.82) is 0 Å². The number of nitrogens with zero attached hydrogens (tertiary/aromatic N) is 1. The molecule has 3 nitrogen and oxygen atoms in total. The molecule has 0 aliphatic heterocycles. The Bertz CT molecular complexity index is 357. The van der Waals surface area contributed by atoms with Crippen molar-refractivity contribution >= 4 is 39.3 Å². The summed E-state index contributed by atoms with van der Waals surface area (Å²) in [5, 5.41) is 3.10. The van der Waals surface area contributed by atoms with Gasteiger partial charge < -0.3 is 5.32 Å². The molecule has 1 amide bonds. The van der Waals surface area contributed by atoms with Gasteiger partial charge >= 0.3 is 0 Å². The highest BCUT2D eigenvalue weighted by atomic mass is 79.9. The Labute approximate surface area is 102 Å². The number of carbonyl (C=O) groups excluding carboxylic acids is 1. The fourth-order valence-electron chi connectivity index (χ4n) is 0.966. The molecule has 0 spiro atoms. The van der Waals surface area contributed by atoms with Gasteiger partial charge in [0.1, 0.15) is 0 Å². The van der Waals surface area contributed by atoms with Crippen LogP contribution in [0.25, 0.3) is 0 Å². The minimum atomic E-state index is -0.240. The van der Waals surface area contributed by atoms with E-state index < -0.39 is 0 Å². The van der Waals surface area contributed by atoms with E-state index in [1.54, 1.807) is 18.3 Å². The van der Waals surface area contributed by atoms with Gasteiger partial charge in [0.15, 0.2) is 5.82 Å². The van der Waals surface area contributed by atoms with Crippen LogP contribution in [-0.2, 0) is 4.79 Å². The number of carbonyl (C=O) groups is 1. The number of aromatic nitrogens is 1. The number of hydrogen-bond donors (Lipinski definition) is 1. The number of amides is 1. The average molecular weight is 292 g/mol. The molecule has 1 aromatic heterocycles. The van der Waals surface area contributed by atoms with Crippen molar-refractivity contribution in [1.82, 2.24) is 4.98 Å². The lowest BCUT2D eigenvalue weighted by atomic mass is 10.1. The Kier molecular flexibility index (Phi) is 4.54. The highest BCUT2D eigenvalue weighted by molar-refractivity contribution is 9.10. The molecule has 0 fully saturated rings. The fraction of sp³-hybridized carbons (Fsp3) is 0.400. The first-order valence-corrected chi connectivity index (χ1v) is 5.87. The van der Waals surface area contributed by atoms with Crippen LogP contribution in [0.4, 0.5) is 5.82 Å². The normalized spacial score (nSPS) is 12.6. The minimum Gasteiger partial charge on any atom is -0.308 e. The molecule has 1 unspecified atom stereocenters. The van der Waals surface area contributed by atoms with E-state index in [0.717, 1.165) is 0 Å². The molecule has 0 aromatic carbocycles. The molecule has 0 aliphatic rings. The van der Waals surface area contributed by atoms with E-state index in [4.69, 9.17) is 11.6 Å². The molecule has 1 aromatic rings. The van der Waals surface area contributed by atoms with Crippen LogP contribution in [0.15, 0.2) is 18.3 Å². The van der Waals surface area contributed by atoms with Crippen LogP contribution in [0, 0.1) is 5.92 Å². The standard InChI is InChI=1S/C10H12BrClN2O/c1-6(2)8(11)10(15)14-9-7(12)4-3-5-13-9/h3-6,8H,1-2H3,(H,13,14,15). The summed E-state index contributed by atoms with van der Waals surface area (Å²) in [5.74, 6) is 0.479. The molecule has 82 valence electrons. The Morgan fingerprint density at radius 1 is 1.60 bits per heavy atom. The Balaban J connectivity index is 2.71. The second-order valence-electron chi connectivity index (χ2n) is 3.47. The molecule has 0 aliphatic carbocycles. The summed E-state index contributed by atoms with van der Waals surface area (Å²) in [6.07, 6.45) is 1.58. The summed E-state index contributed by atoms with van der Waals surface area (Å²) < 4.78 is 0. The first-order valence-electron chi connectivity index (χ1n) is 4.58. The largest absolute Gasteiger partial charge is 0.308 e. The number of alkyl halides is 1. The topological polar surface area (TPSA) is 42.0 Å². The zero-order valence-corrected chi connectivity index (χ0v) is 10.8. The number of hydrogen-bond acceptors (Lipinski definition) is 2. The van der Waals surface area contributed by atoms with Crippen molar-refractivity contribution in [3.63, 3.8) is 0 Å². The van der Waals surface area contributed by atoms with Gasteiger partial charge in [-0.3, -0.25) is 4.79 Å². The lowest BCUT2D eigenvalue weighted by molar-refractivity contribution is -0.116. The van der Waals surface area contributed by atoms with Gasteiger partial charge in [-0.25, -0.2) is 4.98 Å². The lowest BCUT2D eigenvalue weighted by Crippen LogP contribution is -2.27.